The summed E-state index contributed by atoms with van der Waals surface area (Å²) in [6.45, 7) is 5.17. The average molecular weight is 250 g/mol. The standard InChI is InChI=1S/C17H18N2/c1-13(2)16-5-3-4-6-17(16)19-12-15-9-7-14(11-18)8-10-15/h3-10,13,19H,12H2,1-2H3. The van der Waals surface area contributed by atoms with E-state index in [4.69, 9.17) is 5.26 Å². The summed E-state index contributed by atoms with van der Waals surface area (Å²) in [6.07, 6.45) is 0. The third kappa shape index (κ3) is 3.35. The second kappa shape index (κ2) is 6.06. The molecule has 2 aromatic rings. The van der Waals surface area contributed by atoms with Crippen LogP contribution >= 0.6 is 0 Å². The van der Waals surface area contributed by atoms with Crippen molar-refractivity contribution >= 4 is 5.69 Å². The van der Waals surface area contributed by atoms with E-state index in [1.54, 1.807) is 0 Å². The first-order chi connectivity index (χ1) is 9.20. The van der Waals surface area contributed by atoms with E-state index >= 15 is 0 Å². The van der Waals surface area contributed by atoms with Gasteiger partial charge in [0, 0.05) is 12.2 Å². The maximum absolute atomic E-state index is 8.77. The van der Waals surface area contributed by atoms with E-state index in [0.717, 1.165) is 6.54 Å². The third-order valence-corrected chi connectivity index (χ3v) is 3.15. The second-order valence-corrected chi connectivity index (χ2v) is 4.90. The van der Waals surface area contributed by atoms with E-state index in [1.165, 1.54) is 16.8 Å². The quantitative estimate of drug-likeness (QED) is 0.878. The molecule has 0 radical (unpaired) electrons. The minimum Gasteiger partial charge on any atom is -0.381 e. The molecule has 0 atom stereocenters. The first-order valence-corrected chi connectivity index (χ1v) is 6.52. The van der Waals surface area contributed by atoms with Gasteiger partial charge in [-0.1, -0.05) is 44.2 Å². The summed E-state index contributed by atoms with van der Waals surface area (Å²) in [5.74, 6) is 0.504. The van der Waals surface area contributed by atoms with Crippen molar-refractivity contribution in [2.24, 2.45) is 0 Å². The van der Waals surface area contributed by atoms with Crippen LogP contribution in [0.15, 0.2) is 48.5 Å². The lowest BCUT2D eigenvalue weighted by atomic mass is 10.0. The number of para-hydroxylation sites is 1. The number of nitrogens with zero attached hydrogens (tertiary/aromatic N) is 1. The molecule has 0 unspecified atom stereocenters. The molecule has 0 heterocycles. The van der Waals surface area contributed by atoms with E-state index in [0.29, 0.717) is 11.5 Å². The molecule has 0 saturated carbocycles. The zero-order chi connectivity index (χ0) is 13.7. The van der Waals surface area contributed by atoms with Crippen molar-refractivity contribution in [1.82, 2.24) is 0 Å². The Morgan fingerprint density at radius 1 is 1.05 bits per heavy atom. The molecular weight excluding hydrogens is 232 g/mol. The Morgan fingerprint density at radius 2 is 1.74 bits per heavy atom. The van der Waals surface area contributed by atoms with E-state index < -0.39 is 0 Å². The third-order valence-electron chi connectivity index (χ3n) is 3.15. The van der Waals surface area contributed by atoms with Crippen LogP contribution in [0.4, 0.5) is 5.69 Å². The number of nitrogens with one attached hydrogen (secondary N) is 1. The molecule has 0 aliphatic heterocycles. The molecule has 2 rings (SSSR count). The summed E-state index contributed by atoms with van der Waals surface area (Å²) in [6, 6.07) is 18.2. The smallest absolute Gasteiger partial charge is 0.0991 e. The van der Waals surface area contributed by atoms with Gasteiger partial charge in [0.05, 0.1) is 11.6 Å². The van der Waals surface area contributed by atoms with Crippen LogP contribution in [0, 0.1) is 11.3 Å². The van der Waals surface area contributed by atoms with Gasteiger partial charge in [0.2, 0.25) is 0 Å². The van der Waals surface area contributed by atoms with Gasteiger partial charge in [0.15, 0.2) is 0 Å². The number of anilines is 1. The summed E-state index contributed by atoms with van der Waals surface area (Å²) in [5, 5.41) is 12.2. The average Bonchev–Trinajstić information content (AvgIpc) is 2.46. The fourth-order valence-corrected chi connectivity index (χ4v) is 2.06. The van der Waals surface area contributed by atoms with Crippen molar-refractivity contribution in [3.05, 3.63) is 65.2 Å². The highest BCUT2D eigenvalue weighted by molar-refractivity contribution is 5.52. The van der Waals surface area contributed by atoms with Gasteiger partial charge < -0.3 is 5.32 Å². The second-order valence-electron chi connectivity index (χ2n) is 4.90. The molecule has 0 aliphatic rings. The van der Waals surface area contributed by atoms with Gasteiger partial charge in [0.25, 0.3) is 0 Å². The van der Waals surface area contributed by atoms with Crippen LogP contribution in [0.2, 0.25) is 0 Å². The molecule has 96 valence electrons. The number of hydrogen-bond acceptors (Lipinski definition) is 2. The first-order valence-electron chi connectivity index (χ1n) is 6.52. The number of hydrogen-bond donors (Lipinski definition) is 1. The molecule has 1 N–H and O–H groups in total. The van der Waals surface area contributed by atoms with E-state index in [1.807, 2.05) is 30.3 Å². The fraction of sp³-hybridized carbons (Fsp3) is 0.235. The van der Waals surface area contributed by atoms with Crippen molar-refractivity contribution < 1.29 is 0 Å². The molecule has 0 saturated heterocycles. The van der Waals surface area contributed by atoms with Crippen molar-refractivity contribution in [2.45, 2.75) is 26.3 Å². The molecule has 0 aromatic heterocycles. The fourth-order valence-electron chi connectivity index (χ4n) is 2.06. The molecule has 0 amide bonds. The summed E-state index contributed by atoms with van der Waals surface area (Å²) in [5.41, 5.74) is 4.39. The Bertz CT molecular complexity index is 577. The molecule has 2 nitrogen and oxygen atoms in total. The number of rotatable bonds is 4. The summed E-state index contributed by atoms with van der Waals surface area (Å²) >= 11 is 0. The Hall–Kier alpha value is -2.27. The van der Waals surface area contributed by atoms with Gasteiger partial charge in [-0.05, 0) is 35.2 Å². The highest BCUT2D eigenvalue weighted by Gasteiger charge is 2.05. The van der Waals surface area contributed by atoms with Crippen LogP contribution in [0.1, 0.15) is 36.5 Å². The van der Waals surface area contributed by atoms with Crippen LogP contribution in [0.25, 0.3) is 0 Å². The topological polar surface area (TPSA) is 35.8 Å². The van der Waals surface area contributed by atoms with Crippen molar-refractivity contribution in [3.8, 4) is 6.07 Å². The lowest BCUT2D eigenvalue weighted by Gasteiger charge is -2.14. The van der Waals surface area contributed by atoms with Gasteiger partial charge in [-0.15, -0.1) is 0 Å². The number of benzene rings is 2. The predicted molar refractivity (Wildman–Crippen MR) is 79.0 cm³/mol. The Morgan fingerprint density at radius 3 is 2.37 bits per heavy atom. The highest BCUT2D eigenvalue weighted by Crippen LogP contribution is 2.24. The minimum atomic E-state index is 0.504. The van der Waals surface area contributed by atoms with Gasteiger partial charge in [-0.2, -0.15) is 5.26 Å². The molecule has 0 bridgehead atoms. The Labute approximate surface area is 114 Å². The lowest BCUT2D eigenvalue weighted by Crippen LogP contribution is -2.03. The van der Waals surface area contributed by atoms with Crippen LogP contribution < -0.4 is 5.32 Å². The maximum Gasteiger partial charge on any atom is 0.0991 e. The van der Waals surface area contributed by atoms with Gasteiger partial charge in [0.1, 0.15) is 0 Å². The van der Waals surface area contributed by atoms with Crippen molar-refractivity contribution in [3.63, 3.8) is 0 Å². The monoisotopic (exact) mass is 250 g/mol. The number of nitriles is 1. The molecule has 0 fully saturated rings. The van der Waals surface area contributed by atoms with Crippen LogP contribution in [-0.4, -0.2) is 0 Å². The summed E-state index contributed by atoms with van der Waals surface area (Å²) in [7, 11) is 0. The zero-order valence-electron chi connectivity index (χ0n) is 11.4. The molecule has 2 aromatic carbocycles. The van der Waals surface area contributed by atoms with Crippen molar-refractivity contribution in [1.29, 1.82) is 5.26 Å². The van der Waals surface area contributed by atoms with Crippen LogP contribution in [0.5, 0.6) is 0 Å². The SMILES string of the molecule is CC(C)c1ccccc1NCc1ccc(C#N)cc1. The van der Waals surface area contributed by atoms with Crippen molar-refractivity contribution in [2.75, 3.05) is 5.32 Å². The Kier molecular flexibility index (Phi) is 4.20. The van der Waals surface area contributed by atoms with E-state index in [-0.39, 0.29) is 0 Å². The molecular formula is C17H18N2. The van der Waals surface area contributed by atoms with Gasteiger partial charge in [-0.3, -0.25) is 0 Å². The normalized spacial score (nSPS) is 10.2. The first kappa shape index (κ1) is 13.2. The Balaban J connectivity index is 2.08. The summed E-state index contributed by atoms with van der Waals surface area (Å²) < 4.78 is 0. The zero-order valence-corrected chi connectivity index (χ0v) is 11.4. The molecule has 2 heteroatoms. The largest absolute Gasteiger partial charge is 0.381 e. The van der Waals surface area contributed by atoms with Gasteiger partial charge >= 0.3 is 0 Å². The molecule has 0 spiro atoms. The van der Waals surface area contributed by atoms with E-state index in [9.17, 15) is 0 Å². The predicted octanol–water partition coefficient (Wildman–Crippen LogP) is 4.29. The lowest BCUT2D eigenvalue weighted by molar-refractivity contribution is 0.865. The van der Waals surface area contributed by atoms with Crippen LogP contribution in [0.3, 0.4) is 0 Å². The molecule has 0 aliphatic carbocycles. The van der Waals surface area contributed by atoms with Gasteiger partial charge in [-0.25, -0.2) is 0 Å². The maximum atomic E-state index is 8.77. The van der Waals surface area contributed by atoms with Crippen LogP contribution in [-0.2, 0) is 6.54 Å². The molecule has 19 heavy (non-hydrogen) atoms. The summed E-state index contributed by atoms with van der Waals surface area (Å²) in [4.78, 5) is 0. The highest BCUT2D eigenvalue weighted by atomic mass is 14.9. The van der Waals surface area contributed by atoms with E-state index in [2.05, 4.69) is 43.4 Å². The minimum absolute atomic E-state index is 0.504.